The summed E-state index contributed by atoms with van der Waals surface area (Å²) in [6.45, 7) is 0. The highest BCUT2D eigenvalue weighted by Crippen LogP contribution is 2.26. The lowest BCUT2D eigenvalue weighted by Gasteiger charge is -2.07. The third-order valence-electron chi connectivity index (χ3n) is 2.82. The lowest BCUT2D eigenvalue weighted by molar-refractivity contribution is 0.618. The van der Waals surface area contributed by atoms with Crippen LogP contribution in [0.15, 0.2) is 36.4 Å². The molecule has 3 rings (SSSR count). The maximum atomic E-state index is 14.1. The Morgan fingerprint density at radius 3 is 2.74 bits per heavy atom. The van der Waals surface area contributed by atoms with Crippen LogP contribution in [0.1, 0.15) is 0 Å². The summed E-state index contributed by atoms with van der Waals surface area (Å²) in [5.74, 6) is -1.01. The van der Waals surface area contributed by atoms with Gasteiger partial charge in [-0.05, 0) is 36.5 Å². The average Bonchev–Trinajstić information content (AvgIpc) is 2.69. The van der Waals surface area contributed by atoms with Gasteiger partial charge in [-0.15, -0.1) is 0 Å². The van der Waals surface area contributed by atoms with Gasteiger partial charge < -0.3 is 4.98 Å². The number of halogens is 3. The molecule has 19 heavy (non-hydrogen) atoms. The Morgan fingerprint density at radius 2 is 1.95 bits per heavy atom. The molecular formula is C13H7ClF2N2S. The average molecular weight is 297 g/mol. The van der Waals surface area contributed by atoms with Crippen LogP contribution in [0, 0.1) is 16.4 Å². The SMILES string of the molecule is Fc1ccc2[nH]c(=S)n(-c3cccc(Cl)c3F)c2c1. The molecule has 0 saturated heterocycles. The van der Waals surface area contributed by atoms with Crippen molar-refractivity contribution < 1.29 is 8.78 Å². The minimum absolute atomic E-state index is 0.00912. The molecule has 6 heteroatoms. The van der Waals surface area contributed by atoms with Crippen molar-refractivity contribution in [1.82, 2.24) is 9.55 Å². The van der Waals surface area contributed by atoms with Gasteiger partial charge in [-0.2, -0.15) is 0 Å². The molecule has 0 spiro atoms. The first-order valence-corrected chi connectivity index (χ1v) is 6.21. The van der Waals surface area contributed by atoms with E-state index in [1.54, 1.807) is 12.1 Å². The van der Waals surface area contributed by atoms with Crippen LogP contribution >= 0.6 is 23.8 Å². The molecule has 0 aliphatic rings. The third kappa shape index (κ3) is 1.95. The Balaban J connectivity index is 2.42. The van der Waals surface area contributed by atoms with Gasteiger partial charge in [-0.25, -0.2) is 8.78 Å². The molecule has 1 aromatic heterocycles. The summed E-state index contributed by atoms with van der Waals surface area (Å²) in [6, 6.07) is 8.75. The van der Waals surface area contributed by atoms with Crippen molar-refractivity contribution >= 4 is 34.9 Å². The first kappa shape index (κ1) is 12.3. The van der Waals surface area contributed by atoms with Crippen LogP contribution < -0.4 is 0 Å². The predicted octanol–water partition coefficient (Wildman–Crippen LogP) is 4.62. The minimum atomic E-state index is -0.592. The molecule has 0 bridgehead atoms. The minimum Gasteiger partial charge on any atom is -0.330 e. The Bertz CT molecular complexity index is 838. The van der Waals surface area contributed by atoms with Crippen molar-refractivity contribution in [3.8, 4) is 5.69 Å². The Kier molecular flexibility index (Phi) is 2.88. The highest BCUT2D eigenvalue weighted by molar-refractivity contribution is 7.71. The molecule has 2 aromatic carbocycles. The molecule has 0 atom stereocenters. The van der Waals surface area contributed by atoms with E-state index in [0.29, 0.717) is 11.0 Å². The Morgan fingerprint density at radius 1 is 1.16 bits per heavy atom. The number of fused-ring (bicyclic) bond motifs is 1. The zero-order valence-electron chi connectivity index (χ0n) is 9.45. The normalized spacial score (nSPS) is 11.1. The molecule has 0 fully saturated rings. The molecule has 3 aromatic rings. The summed E-state index contributed by atoms with van der Waals surface area (Å²) in [5, 5.41) is -0.00912. The second kappa shape index (κ2) is 4.43. The second-order valence-electron chi connectivity index (χ2n) is 4.00. The highest BCUT2D eigenvalue weighted by atomic mass is 35.5. The van der Waals surface area contributed by atoms with E-state index in [1.165, 1.54) is 28.8 Å². The first-order chi connectivity index (χ1) is 9.08. The number of aromatic nitrogens is 2. The lowest BCUT2D eigenvalue weighted by Crippen LogP contribution is -1.98. The molecule has 0 aliphatic heterocycles. The van der Waals surface area contributed by atoms with E-state index in [1.807, 2.05) is 0 Å². The number of hydrogen-bond donors (Lipinski definition) is 1. The fourth-order valence-electron chi connectivity index (χ4n) is 1.98. The number of rotatable bonds is 1. The van der Waals surface area contributed by atoms with Gasteiger partial charge in [-0.1, -0.05) is 17.7 Å². The molecule has 0 unspecified atom stereocenters. The van der Waals surface area contributed by atoms with Crippen molar-refractivity contribution in [2.24, 2.45) is 0 Å². The Labute approximate surface area is 117 Å². The summed E-state index contributed by atoms with van der Waals surface area (Å²) in [7, 11) is 0. The van der Waals surface area contributed by atoms with E-state index in [2.05, 4.69) is 4.98 Å². The van der Waals surface area contributed by atoms with E-state index < -0.39 is 11.6 Å². The van der Waals surface area contributed by atoms with Crippen molar-refractivity contribution in [3.05, 3.63) is 57.8 Å². The maximum absolute atomic E-state index is 14.1. The molecule has 1 N–H and O–H groups in total. The molecule has 1 heterocycles. The summed E-state index contributed by atoms with van der Waals surface area (Å²) >= 11 is 10.9. The van der Waals surface area contributed by atoms with Gasteiger partial charge in [0.15, 0.2) is 10.6 Å². The van der Waals surface area contributed by atoms with Crippen LogP contribution in [0.5, 0.6) is 0 Å². The first-order valence-electron chi connectivity index (χ1n) is 5.42. The summed E-state index contributed by atoms with van der Waals surface area (Å²) in [4.78, 5) is 2.90. The fraction of sp³-hybridized carbons (Fsp3) is 0. The van der Waals surface area contributed by atoms with Crippen LogP contribution in [0.3, 0.4) is 0 Å². The van der Waals surface area contributed by atoms with E-state index in [4.69, 9.17) is 23.8 Å². The van der Waals surface area contributed by atoms with Gasteiger partial charge in [0.05, 0.1) is 21.7 Å². The number of hydrogen-bond acceptors (Lipinski definition) is 1. The van der Waals surface area contributed by atoms with E-state index >= 15 is 0 Å². The van der Waals surface area contributed by atoms with Crippen LogP contribution in [-0.4, -0.2) is 9.55 Å². The summed E-state index contributed by atoms with van der Waals surface area (Å²) < 4.78 is 29.1. The monoisotopic (exact) mass is 296 g/mol. The number of H-pyrrole nitrogens is 1. The second-order valence-corrected chi connectivity index (χ2v) is 4.79. The summed E-state index contributed by atoms with van der Waals surface area (Å²) in [5.41, 5.74) is 1.28. The van der Waals surface area contributed by atoms with Crippen molar-refractivity contribution in [1.29, 1.82) is 0 Å². The molecule has 0 radical (unpaired) electrons. The number of imidazole rings is 1. The number of aromatic amines is 1. The zero-order valence-corrected chi connectivity index (χ0v) is 11.0. The predicted molar refractivity (Wildman–Crippen MR) is 73.4 cm³/mol. The van der Waals surface area contributed by atoms with Gasteiger partial charge >= 0.3 is 0 Å². The van der Waals surface area contributed by atoms with Crippen molar-refractivity contribution in [2.75, 3.05) is 0 Å². The van der Waals surface area contributed by atoms with Crippen LogP contribution in [0.2, 0.25) is 5.02 Å². The molecular weight excluding hydrogens is 290 g/mol. The molecule has 0 amide bonds. The van der Waals surface area contributed by atoms with Crippen LogP contribution in [-0.2, 0) is 0 Å². The van der Waals surface area contributed by atoms with Gasteiger partial charge in [0.25, 0.3) is 0 Å². The lowest BCUT2D eigenvalue weighted by atomic mass is 10.2. The van der Waals surface area contributed by atoms with Crippen molar-refractivity contribution in [3.63, 3.8) is 0 Å². The molecule has 96 valence electrons. The quantitative estimate of drug-likeness (QED) is 0.650. The van der Waals surface area contributed by atoms with Gasteiger partial charge in [0.1, 0.15) is 5.82 Å². The van der Waals surface area contributed by atoms with E-state index in [0.717, 1.165) is 0 Å². The topological polar surface area (TPSA) is 20.7 Å². The molecule has 0 saturated carbocycles. The number of benzene rings is 2. The third-order valence-corrected chi connectivity index (χ3v) is 3.39. The smallest absolute Gasteiger partial charge is 0.182 e. The van der Waals surface area contributed by atoms with Gasteiger partial charge in [-0.3, -0.25) is 4.57 Å². The standard InChI is InChI=1S/C13H7ClF2N2S/c14-8-2-1-3-10(12(8)16)18-11-6-7(15)4-5-9(11)17-13(18)19/h1-6H,(H,17,19). The van der Waals surface area contributed by atoms with E-state index in [-0.39, 0.29) is 15.5 Å². The van der Waals surface area contributed by atoms with Gasteiger partial charge in [0.2, 0.25) is 0 Å². The Hall–Kier alpha value is -1.72. The molecule has 0 aliphatic carbocycles. The van der Waals surface area contributed by atoms with Crippen LogP contribution in [0.4, 0.5) is 8.78 Å². The maximum Gasteiger partial charge on any atom is 0.182 e. The van der Waals surface area contributed by atoms with Gasteiger partial charge in [0, 0.05) is 6.07 Å². The molecule has 2 nitrogen and oxygen atoms in total. The highest BCUT2D eigenvalue weighted by Gasteiger charge is 2.13. The largest absolute Gasteiger partial charge is 0.330 e. The fourth-order valence-corrected chi connectivity index (χ4v) is 2.46. The number of nitrogens with zero attached hydrogens (tertiary/aromatic N) is 1. The summed E-state index contributed by atoms with van der Waals surface area (Å²) in [6.07, 6.45) is 0. The van der Waals surface area contributed by atoms with Crippen LogP contribution in [0.25, 0.3) is 16.7 Å². The zero-order chi connectivity index (χ0) is 13.6. The number of nitrogens with one attached hydrogen (secondary N) is 1. The van der Waals surface area contributed by atoms with E-state index in [9.17, 15) is 8.78 Å². The van der Waals surface area contributed by atoms with Crippen molar-refractivity contribution in [2.45, 2.75) is 0 Å².